The molecule has 0 unspecified atom stereocenters. The van der Waals surface area contributed by atoms with E-state index in [9.17, 15) is 4.79 Å². The van der Waals surface area contributed by atoms with Crippen molar-refractivity contribution < 1.29 is 13.9 Å². The maximum atomic E-state index is 11.3. The SMILES string of the molecule is COc1cccc(-c2nc(-c3ccc4[nH]c(=O)oc4c3)cs2)c1OC. The first-order chi connectivity index (χ1) is 12.2. The molecular formula is C18H14N2O4S. The third-order valence-electron chi connectivity index (χ3n) is 3.85. The number of oxazole rings is 1. The van der Waals surface area contributed by atoms with Crippen LogP contribution in [0.5, 0.6) is 11.5 Å². The van der Waals surface area contributed by atoms with Gasteiger partial charge in [0.25, 0.3) is 0 Å². The molecule has 7 heteroatoms. The van der Waals surface area contributed by atoms with Gasteiger partial charge in [-0.25, -0.2) is 9.78 Å². The van der Waals surface area contributed by atoms with Crippen LogP contribution in [-0.4, -0.2) is 24.2 Å². The third-order valence-corrected chi connectivity index (χ3v) is 4.73. The summed E-state index contributed by atoms with van der Waals surface area (Å²) >= 11 is 1.51. The van der Waals surface area contributed by atoms with Crippen molar-refractivity contribution >= 4 is 22.4 Å². The van der Waals surface area contributed by atoms with Crippen molar-refractivity contribution in [3.63, 3.8) is 0 Å². The van der Waals surface area contributed by atoms with Gasteiger partial charge in [0.05, 0.1) is 31.0 Å². The number of aromatic amines is 1. The van der Waals surface area contributed by atoms with Crippen LogP contribution in [0.25, 0.3) is 32.9 Å². The minimum atomic E-state index is -0.466. The summed E-state index contributed by atoms with van der Waals surface area (Å²) in [6, 6.07) is 11.2. The molecule has 0 bridgehead atoms. The molecule has 25 heavy (non-hydrogen) atoms. The van der Waals surface area contributed by atoms with Crippen LogP contribution in [0.4, 0.5) is 0 Å². The Labute approximate surface area is 146 Å². The molecule has 0 saturated heterocycles. The summed E-state index contributed by atoms with van der Waals surface area (Å²) < 4.78 is 15.9. The Kier molecular flexibility index (Phi) is 3.77. The normalized spacial score (nSPS) is 11.0. The van der Waals surface area contributed by atoms with Gasteiger partial charge in [0, 0.05) is 10.9 Å². The topological polar surface area (TPSA) is 77.4 Å². The van der Waals surface area contributed by atoms with Gasteiger partial charge < -0.3 is 13.9 Å². The number of methoxy groups -OCH3 is 2. The van der Waals surface area contributed by atoms with Crippen LogP contribution in [0.15, 0.2) is 51.0 Å². The molecule has 6 nitrogen and oxygen atoms in total. The Balaban J connectivity index is 1.78. The van der Waals surface area contributed by atoms with Gasteiger partial charge in [-0.05, 0) is 24.3 Å². The number of fused-ring (bicyclic) bond motifs is 1. The van der Waals surface area contributed by atoms with Gasteiger partial charge in [-0.1, -0.05) is 12.1 Å². The van der Waals surface area contributed by atoms with E-state index >= 15 is 0 Å². The molecule has 0 aliphatic heterocycles. The number of rotatable bonds is 4. The van der Waals surface area contributed by atoms with Gasteiger partial charge in [0.1, 0.15) is 5.01 Å². The summed E-state index contributed by atoms with van der Waals surface area (Å²) in [5.74, 6) is 0.845. The number of hydrogen-bond acceptors (Lipinski definition) is 6. The zero-order chi connectivity index (χ0) is 17.4. The van der Waals surface area contributed by atoms with Gasteiger partial charge in [0.15, 0.2) is 17.1 Å². The minimum Gasteiger partial charge on any atom is -0.493 e. The first kappa shape index (κ1) is 15.5. The monoisotopic (exact) mass is 354 g/mol. The zero-order valence-electron chi connectivity index (χ0n) is 13.5. The summed E-state index contributed by atoms with van der Waals surface area (Å²) in [6.07, 6.45) is 0. The van der Waals surface area contributed by atoms with Crippen molar-refractivity contribution in [2.75, 3.05) is 14.2 Å². The Morgan fingerprint density at radius 2 is 2.04 bits per heavy atom. The quantitative estimate of drug-likeness (QED) is 0.601. The van der Waals surface area contributed by atoms with Crippen LogP contribution in [0.3, 0.4) is 0 Å². The number of nitrogens with zero attached hydrogens (tertiary/aromatic N) is 1. The third kappa shape index (κ3) is 2.68. The number of benzene rings is 2. The van der Waals surface area contributed by atoms with Crippen molar-refractivity contribution in [1.82, 2.24) is 9.97 Å². The smallest absolute Gasteiger partial charge is 0.417 e. The molecule has 2 heterocycles. The average molecular weight is 354 g/mol. The number of thiazole rings is 1. The molecule has 0 amide bonds. The Bertz CT molecular complexity index is 1110. The lowest BCUT2D eigenvalue weighted by Gasteiger charge is -2.10. The Hall–Kier alpha value is -3.06. The van der Waals surface area contributed by atoms with Crippen LogP contribution in [-0.2, 0) is 0 Å². The number of nitrogens with one attached hydrogen (secondary N) is 1. The second-order valence-corrected chi connectivity index (χ2v) is 6.16. The lowest BCUT2D eigenvalue weighted by atomic mass is 10.1. The summed E-state index contributed by atoms with van der Waals surface area (Å²) in [4.78, 5) is 18.6. The van der Waals surface area contributed by atoms with Crippen molar-refractivity contribution in [3.05, 3.63) is 52.3 Å². The molecule has 0 saturated carbocycles. The highest BCUT2D eigenvalue weighted by Crippen LogP contribution is 2.40. The number of aromatic nitrogens is 2. The predicted octanol–water partition coefficient (Wildman–Crippen LogP) is 3.93. The first-order valence-corrected chi connectivity index (χ1v) is 8.37. The highest BCUT2D eigenvalue weighted by Gasteiger charge is 2.15. The van der Waals surface area contributed by atoms with Gasteiger partial charge in [0.2, 0.25) is 0 Å². The Morgan fingerprint density at radius 1 is 1.16 bits per heavy atom. The van der Waals surface area contributed by atoms with Crippen molar-refractivity contribution in [2.45, 2.75) is 0 Å². The molecule has 0 spiro atoms. The fourth-order valence-electron chi connectivity index (χ4n) is 2.69. The van der Waals surface area contributed by atoms with Crippen molar-refractivity contribution in [3.8, 4) is 33.3 Å². The van der Waals surface area contributed by atoms with E-state index in [1.807, 2.05) is 29.6 Å². The van der Waals surface area contributed by atoms with E-state index in [1.54, 1.807) is 26.4 Å². The van der Waals surface area contributed by atoms with E-state index in [2.05, 4.69) is 4.98 Å². The van der Waals surface area contributed by atoms with E-state index in [1.165, 1.54) is 11.3 Å². The van der Waals surface area contributed by atoms with Crippen LogP contribution in [0.1, 0.15) is 0 Å². The summed E-state index contributed by atoms with van der Waals surface area (Å²) in [5.41, 5.74) is 3.72. The molecule has 2 aromatic heterocycles. The largest absolute Gasteiger partial charge is 0.493 e. The molecule has 0 fully saturated rings. The fraction of sp³-hybridized carbons (Fsp3) is 0.111. The molecule has 1 N–H and O–H groups in total. The van der Waals surface area contributed by atoms with Crippen LogP contribution >= 0.6 is 11.3 Å². The number of ether oxygens (including phenoxy) is 2. The van der Waals surface area contributed by atoms with E-state index in [4.69, 9.17) is 18.9 Å². The number of para-hydroxylation sites is 1. The summed E-state index contributed by atoms with van der Waals surface area (Å²) in [6.45, 7) is 0. The standard InChI is InChI=1S/C18H14N2O4S/c1-22-14-5-3-4-11(16(14)23-2)17-19-13(9-25-17)10-6-7-12-15(8-10)24-18(21)20-12/h3-9H,1-2H3,(H,20,21). The van der Waals surface area contributed by atoms with E-state index in [0.717, 1.165) is 21.8 Å². The molecule has 0 aliphatic rings. The predicted molar refractivity (Wildman–Crippen MR) is 96.5 cm³/mol. The molecule has 4 aromatic rings. The van der Waals surface area contributed by atoms with Crippen molar-refractivity contribution in [1.29, 1.82) is 0 Å². The summed E-state index contributed by atoms with van der Waals surface area (Å²) in [7, 11) is 3.21. The van der Waals surface area contributed by atoms with E-state index in [0.29, 0.717) is 22.6 Å². The fourth-order valence-corrected chi connectivity index (χ4v) is 3.54. The van der Waals surface area contributed by atoms with Crippen LogP contribution in [0, 0.1) is 0 Å². The number of hydrogen-bond donors (Lipinski definition) is 1. The van der Waals surface area contributed by atoms with E-state index < -0.39 is 5.76 Å². The second kappa shape index (κ2) is 6.10. The van der Waals surface area contributed by atoms with Gasteiger partial charge in [-0.15, -0.1) is 11.3 Å². The van der Waals surface area contributed by atoms with Crippen molar-refractivity contribution in [2.24, 2.45) is 0 Å². The average Bonchev–Trinajstić information content (AvgIpc) is 3.25. The first-order valence-electron chi connectivity index (χ1n) is 7.49. The molecule has 126 valence electrons. The molecule has 0 aliphatic carbocycles. The zero-order valence-corrected chi connectivity index (χ0v) is 14.3. The Morgan fingerprint density at radius 3 is 2.84 bits per heavy atom. The maximum absolute atomic E-state index is 11.3. The molecule has 0 atom stereocenters. The maximum Gasteiger partial charge on any atom is 0.417 e. The molecule has 4 rings (SSSR count). The van der Waals surface area contributed by atoms with E-state index in [-0.39, 0.29) is 0 Å². The molecule has 2 aromatic carbocycles. The highest BCUT2D eigenvalue weighted by atomic mass is 32.1. The summed E-state index contributed by atoms with van der Waals surface area (Å²) in [5, 5.41) is 2.78. The van der Waals surface area contributed by atoms with Gasteiger partial charge in [-0.2, -0.15) is 0 Å². The van der Waals surface area contributed by atoms with Crippen LogP contribution in [0.2, 0.25) is 0 Å². The second-order valence-electron chi connectivity index (χ2n) is 5.30. The minimum absolute atomic E-state index is 0.466. The molecule has 0 radical (unpaired) electrons. The van der Waals surface area contributed by atoms with Gasteiger partial charge >= 0.3 is 5.76 Å². The lowest BCUT2D eigenvalue weighted by Crippen LogP contribution is -1.92. The lowest BCUT2D eigenvalue weighted by molar-refractivity contribution is 0.356. The molecular weight excluding hydrogens is 340 g/mol. The highest BCUT2D eigenvalue weighted by molar-refractivity contribution is 7.13. The van der Waals surface area contributed by atoms with Gasteiger partial charge in [-0.3, -0.25) is 4.98 Å². The number of H-pyrrole nitrogens is 1. The van der Waals surface area contributed by atoms with Crippen LogP contribution < -0.4 is 15.2 Å².